The molecule has 2 unspecified atom stereocenters. The Hall–Kier alpha value is -5.08. The third kappa shape index (κ3) is 3.05. The highest BCUT2D eigenvalue weighted by Crippen LogP contribution is 2.47. The number of allylic oxidation sites excluding steroid dienone is 2. The van der Waals surface area contributed by atoms with Crippen molar-refractivity contribution in [3.05, 3.63) is 145 Å². The first-order valence-corrected chi connectivity index (χ1v) is 13.8. The maximum atomic E-state index is 6.27. The van der Waals surface area contributed by atoms with Crippen LogP contribution in [-0.4, -0.2) is 6.10 Å². The van der Waals surface area contributed by atoms with Crippen LogP contribution in [0.1, 0.15) is 17.0 Å². The van der Waals surface area contributed by atoms with Crippen molar-refractivity contribution in [1.29, 1.82) is 0 Å². The summed E-state index contributed by atoms with van der Waals surface area (Å²) in [4.78, 5) is 0. The maximum absolute atomic E-state index is 6.27. The summed E-state index contributed by atoms with van der Waals surface area (Å²) in [5.41, 5.74) is 8.09. The smallest absolute Gasteiger partial charge is 0.135 e. The van der Waals surface area contributed by atoms with Gasteiger partial charge in [-0.05, 0) is 74.1 Å². The molecule has 1 aliphatic carbocycles. The second kappa shape index (κ2) is 8.21. The predicted molar refractivity (Wildman–Crippen MR) is 165 cm³/mol. The van der Waals surface area contributed by atoms with Crippen molar-refractivity contribution in [3.8, 4) is 16.9 Å². The second-order valence-electron chi connectivity index (χ2n) is 10.8. The summed E-state index contributed by atoms with van der Waals surface area (Å²) >= 11 is 0. The van der Waals surface area contributed by atoms with Crippen molar-refractivity contribution in [3.63, 3.8) is 0 Å². The Bertz CT molecular complexity index is 2150. The van der Waals surface area contributed by atoms with Crippen molar-refractivity contribution in [2.45, 2.75) is 12.0 Å². The molecular formula is C38H24O2. The van der Waals surface area contributed by atoms with E-state index in [0.29, 0.717) is 0 Å². The fraction of sp³-hybridized carbons (Fsp3) is 0.0526. The van der Waals surface area contributed by atoms with E-state index < -0.39 is 0 Å². The number of furan rings is 1. The van der Waals surface area contributed by atoms with Crippen LogP contribution in [0.5, 0.6) is 5.75 Å². The minimum atomic E-state index is 0.0504. The summed E-state index contributed by atoms with van der Waals surface area (Å²) in [6, 6.07) is 41.0. The fourth-order valence-electron chi connectivity index (χ4n) is 6.85. The molecule has 40 heavy (non-hydrogen) atoms. The molecule has 2 atom stereocenters. The average molecular weight is 513 g/mol. The van der Waals surface area contributed by atoms with Gasteiger partial charge in [0.15, 0.2) is 0 Å². The molecule has 0 spiro atoms. The zero-order valence-corrected chi connectivity index (χ0v) is 21.7. The monoisotopic (exact) mass is 512 g/mol. The molecule has 2 heterocycles. The van der Waals surface area contributed by atoms with Crippen molar-refractivity contribution in [2.24, 2.45) is 0 Å². The number of ether oxygens (including phenoxy) is 1. The van der Waals surface area contributed by atoms with Crippen LogP contribution < -0.4 is 4.74 Å². The van der Waals surface area contributed by atoms with Gasteiger partial charge in [0.2, 0.25) is 0 Å². The Morgan fingerprint density at radius 3 is 1.93 bits per heavy atom. The summed E-state index contributed by atoms with van der Waals surface area (Å²) in [5, 5.41) is 7.32. The van der Waals surface area contributed by atoms with Crippen molar-refractivity contribution >= 4 is 49.1 Å². The highest BCUT2D eigenvalue weighted by molar-refractivity contribution is 6.20. The zero-order valence-electron chi connectivity index (χ0n) is 21.7. The maximum Gasteiger partial charge on any atom is 0.135 e. The van der Waals surface area contributed by atoms with Gasteiger partial charge in [-0.15, -0.1) is 0 Å². The van der Waals surface area contributed by atoms with E-state index in [0.717, 1.165) is 27.7 Å². The number of hydrogen-bond acceptors (Lipinski definition) is 2. The lowest BCUT2D eigenvalue weighted by Crippen LogP contribution is -2.17. The largest absolute Gasteiger partial charge is 0.485 e. The molecule has 9 rings (SSSR count). The Morgan fingerprint density at radius 1 is 0.525 bits per heavy atom. The summed E-state index contributed by atoms with van der Waals surface area (Å²) in [7, 11) is 0. The minimum Gasteiger partial charge on any atom is -0.485 e. The van der Waals surface area contributed by atoms with E-state index in [1.54, 1.807) is 0 Å². The lowest BCUT2D eigenvalue weighted by molar-refractivity contribution is 0.269. The van der Waals surface area contributed by atoms with E-state index in [9.17, 15) is 0 Å². The first-order valence-electron chi connectivity index (χ1n) is 13.8. The van der Waals surface area contributed by atoms with E-state index >= 15 is 0 Å². The molecule has 0 fully saturated rings. The van der Waals surface area contributed by atoms with Gasteiger partial charge in [-0.25, -0.2) is 0 Å². The lowest BCUT2D eigenvalue weighted by Gasteiger charge is -2.22. The quantitative estimate of drug-likeness (QED) is 0.215. The highest BCUT2D eigenvalue weighted by atomic mass is 16.5. The van der Waals surface area contributed by atoms with Gasteiger partial charge in [0, 0.05) is 22.3 Å². The van der Waals surface area contributed by atoms with E-state index in [4.69, 9.17) is 9.15 Å². The molecule has 0 radical (unpaired) electrons. The summed E-state index contributed by atoms with van der Waals surface area (Å²) in [5.74, 6) is 1.21. The minimum absolute atomic E-state index is 0.0504. The van der Waals surface area contributed by atoms with Crippen LogP contribution in [0.3, 0.4) is 0 Å². The van der Waals surface area contributed by atoms with Gasteiger partial charge in [0.25, 0.3) is 0 Å². The molecule has 2 nitrogen and oxygen atoms in total. The van der Waals surface area contributed by atoms with Crippen molar-refractivity contribution in [1.82, 2.24) is 0 Å². The van der Waals surface area contributed by atoms with Gasteiger partial charge in [-0.3, -0.25) is 0 Å². The fourth-order valence-corrected chi connectivity index (χ4v) is 6.85. The Labute approximate surface area is 231 Å². The van der Waals surface area contributed by atoms with Crippen LogP contribution >= 0.6 is 0 Å². The molecule has 0 amide bonds. The predicted octanol–water partition coefficient (Wildman–Crippen LogP) is 10.1. The Kier molecular flexibility index (Phi) is 4.48. The summed E-state index contributed by atoms with van der Waals surface area (Å²) in [6.45, 7) is 0. The molecule has 188 valence electrons. The molecule has 1 aromatic heterocycles. The van der Waals surface area contributed by atoms with Crippen LogP contribution in [-0.2, 0) is 0 Å². The van der Waals surface area contributed by atoms with E-state index in [1.165, 1.54) is 49.4 Å². The SMILES string of the molecule is C1=CC2Oc3ccccc3C2C=C1c1c2ccccc2c(-c2ccc3oc4ccccc4c3c2)c2ccccc12. The summed E-state index contributed by atoms with van der Waals surface area (Å²) < 4.78 is 12.4. The Balaban J connectivity index is 1.32. The van der Waals surface area contributed by atoms with Gasteiger partial charge in [-0.1, -0.05) is 103 Å². The lowest BCUT2D eigenvalue weighted by atomic mass is 9.82. The van der Waals surface area contributed by atoms with Crippen LogP contribution in [0.15, 0.2) is 138 Å². The third-order valence-electron chi connectivity index (χ3n) is 8.61. The van der Waals surface area contributed by atoms with Crippen LogP contribution in [0.4, 0.5) is 0 Å². The number of fused-ring (bicyclic) bond motifs is 8. The van der Waals surface area contributed by atoms with Crippen LogP contribution in [0.25, 0.3) is 60.2 Å². The number of hydrogen-bond donors (Lipinski definition) is 0. The molecule has 0 saturated carbocycles. The molecule has 0 N–H and O–H groups in total. The van der Waals surface area contributed by atoms with Gasteiger partial charge >= 0.3 is 0 Å². The normalized spacial score (nSPS) is 17.8. The molecule has 6 aromatic carbocycles. The van der Waals surface area contributed by atoms with Gasteiger partial charge in [-0.2, -0.15) is 0 Å². The molecule has 1 aliphatic heterocycles. The molecule has 0 saturated heterocycles. The molecule has 2 aliphatic rings. The van der Waals surface area contributed by atoms with Crippen LogP contribution in [0.2, 0.25) is 0 Å². The van der Waals surface area contributed by atoms with E-state index in [1.807, 2.05) is 18.2 Å². The number of benzene rings is 6. The van der Waals surface area contributed by atoms with Gasteiger partial charge < -0.3 is 9.15 Å². The highest BCUT2D eigenvalue weighted by Gasteiger charge is 2.33. The Morgan fingerprint density at radius 2 is 1.15 bits per heavy atom. The zero-order chi connectivity index (χ0) is 26.2. The molecule has 7 aromatic rings. The standard InChI is InChI=1S/C38H24O2/c1-2-12-28-27(11-1)37(23-17-19-35-31(21-23)25-9-5-7-15-33(25)39-35)29-13-3-4-14-30(29)38(28)24-18-20-36-32(22-24)26-10-6-8-16-34(26)40-36/h1-22,31,35H. The van der Waals surface area contributed by atoms with E-state index in [2.05, 4.69) is 115 Å². The number of para-hydroxylation sites is 2. The van der Waals surface area contributed by atoms with Crippen LogP contribution in [0, 0.1) is 0 Å². The third-order valence-corrected chi connectivity index (χ3v) is 8.61. The molecule has 2 heteroatoms. The van der Waals surface area contributed by atoms with E-state index in [-0.39, 0.29) is 12.0 Å². The topological polar surface area (TPSA) is 22.4 Å². The van der Waals surface area contributed by atoms with Gasteiger partial charge in [0.05, 0.1) is 0 Å². The average Bonchev–Trinajstić information content (AvgIpc) is 3.57. The first kappa shape index (κ1) is 21.8. The molecule has 0 bridgehead atoms. The van der Waals surface area contributed by atoms with Crippen molar-refractivity contribution in [2.75, 3.05) is 0 Å². The van der Waals surface area contributed by atoms with Crippen molar-refractivity contribution < 1.29 is 9.15 Å². The second-order valence-corrected chi connectivity index (χ2v) is 10.8. The first-order chi connectivity index (χ1) is 19.8. The summed E-state index contributed by atoms with van der Waals surface area (Å²) in [6.07, 6.45) is 6.95. The number of rotatable bonds is 2. The van der Waals surface area contributed by atoms with Gasteiger partial charge in [0.1, 0.15) is 23.0 Å². The molecular weight excluding hydrogens is 488 g/mol.